The summed E-state index contributed by atoms with van der Waals surface area (Å²) < 4.78 is 11.3. The van der Waals surface area contributed by atoms with E-state index in [0.717, 1.165) is 37.6 Å². The molecule has 1 amide bonds. The minimum Gasteiger partial charge on any atom is -0.455 e. The van der Waals surface area contributed by atoms with Crippen LogP contribution in [0.3, 0.4) is 0 Å². The summed E-state index contributed by atoms with van der Waals surface area (Å²) in [5.74, 6) is -0.524. The Hall–Kier alpha value is -3.69. The number of hydrogen-bond acceptors (Lipinski definition) is 7. The van der Waals surface area contributed by atoms with Gasteiger partial charge in [-0.3, -0.25) is 9.78 Å². The summed E-state index contributed by atoms with van der Waals surface area (Å²) in [6.07, 6.45) is 1.05. The van der Waals surface area contributed by atoms with Crippen molar-refractivity contribution in [3.05, 3.63) is 64.9 Å². The van der Waals surface area contributed by atoms with Crippen LogP contribution in [-0.4, -0.2) is 52.1 Å². The third-order valence-corrected chi connectivity index (χ3v) is 5.98. The van der Waals surface area contributed by atoms with Gasteiger partial charge in [-0.2, -0.15) is 4.98 Å². The van der Waals surface area contributed by atoms with Crippen molar-refractivity contribution in [3.63, 3.8) is 0 Å². The van der Waals surface area contributed by atoms with Crippen molar-refractivity contribution in [1.29, 1.82) is 0 Å². The number of benzene rings is 1. The van der Waals surface area contributed by atoms with E-state index in [1.165, 1.54) is 6.20 Å². The Kier molecular flexibility index (Phi) is 6.04. The monoisotopic (exact) mass is 478 g/mol. The molecule has 1 aliphatic rings. The molecule has 1 fully saturated rings. The van der Waals surface area contributed by atoms with Gasteiger partial charge < -0.3 is 25.1 Å². The number of halogens is 1. The molecule has 4 heterocycles. The number of carbonyl (C=O) groups excluding carboxylic acids is 1. The maximum Gasteiger partial charge on any atom is 0.296 e. The van der Waals surface area contributed by atoms with Crippen LogP contribution in [0.1, 0.15) is 29.1 Å². The van der Waals surface area contributed by atoms with Crippen LogP contribution in [0.25, 0.3) is 22.4 Å². The third kappa shape index (κ3) is 4.52. The number of anilines is 1. The zero-order valence-electron chi connectivity index (χ0n) is 18.5. The van der Waals surface area contributed by atoms with E-state index in [1.807, 2.05) is 19.1 Å². The van der Waals surface area contributed by atoms with Crippen LogP contribution in [-0.2, 0) is 4.74 Å². The summed E-state index contributed by atoms with van der Waals surface area (Å²) >= 11 is 6.55. The van der Waals surface area contributed by atoms with E-state index in [9.17, 15) is 4.79 Å². The highest BCUT2D eigenvalue weighted by Gasteiger charge is 2.17. The maximum atomic E-state index is 11.4. The van der Waals surface area contributed by atoms with Gasteiger partial charge in [0.25, 0.3) is 6.01 Å². The maximum absolute atomic E-state index is 11.4. The summed E-state index contributed by atoms with van der Waals surface area (Å²) in [7, 11) is 0. The zero-order chi connectivity index (χ0) is 23.7. The first-order chi connectivity index (χ1) is 16.5. The Morgan fingerprint density at radius 1 is 1.18 bits per heavy atom. The summed E-state index contributed by atoms with van der Waals surface area (Å²) in [5.41, 5.74) is 10.1. The minimum atomic E-state index is -0.524. The number of ether oxygens (including phenoxy) is 2. The van der Waals surface area contributed by atoms with Crippen molar-refractivity contribution in [2.75, 3.05) is 31.2 Å². The number of nitrogens with zero attached hydrogens (tertiary/aromatic N) is 4. The summed E-state index contributed by atoms with van der Waals surface area (Å²) in [6, 6.07) is 13.4. The number of rotatable bonds is 6. The molecule has 10 heteroatoms. The summed E-state index contributed by atoms with van der Waals surface area (Å²) in [6.45, 7) is 5.03. The Morgan fingerprint density at radius 3 is 2.68 bits per heavy atom. The van der Waals surface area contributed by atoms with Crippen LogP contribution in [0.5, 0.6) is 6.01 Å². The number of imidazole rings is 1. The van der Waals surface area contributed by atoms with Crippen molar-refractivity contribution in [2.24, 2.45) is 5.73 Å². The molecule has 0 aliphatic carbocycles. The van der Waals surface area contributed by atoms with Crippen molar-refractivity contribution in [3.8, 4) is 17.3 Å². The lowest BCUT2D eigenvalue weighted by molar-refractivity contribution is 0.1000. The minimum absolute atomic E-state index is 0.275. The van der Waals surface area contributed by atoms with Crippen molar-refractivity contribution in [1.82, 2.24) is 19.9 Å². The SMILES string of the molecule is CC(Oc1nc2nc(-c3ccc(N4CCOCC4)cc3)c(Cl)cc2[nH]1)c1cc(C(N)=O)ccn1. The molecule has 0 bridgehead atoms. The van der Waals surface area contributed by atoms with Gasteiger partial charge >= 0.3 is 0 Å². The van der Waals surface area contributed by atoms with Gasteiger partial charge in [0, 0.05) is 36.1 Å². The predicted octanol–water partition coefficient (Wildman–Crippen LogP) is 3.75. The Labute approximate surface area is 200 Å². The van der Waals surface area contributed by atoms with Crippen LogP contribution >= 0.6 is 11.6 Å². The number of H-pyrrole nitrogens is 1. The van der Waals surface area contributed by atoms with E-state index in [0.29, 0.717) is 33.1 Å². The van der Waals surface area contributed by atoms with Crippen LogP contribution in [0.2, 0.25) is 5.02 Å². The van der Waals surface area contributed by atoms with Gasteiger partial charge in [-0.1, -0.05) is 23.7 Å². The van der Waals surface area contributed by atoms with E-state index >= 15 is 0 Å². The number of primary amides is 1. The van der Waals surface area contributed by atoms with E-state index in [2.05, 4.69) is 37.0 Å². The molecule has 4 aromatic rings. The Bertz CT molecular complexity index is 1330. The molecular formula is C24H23ClN6O3. The van der Waals surface area contributed by atoms with Crippen molar-refractivity contribution < 1.29 is 14.3 Å². The molecule has 9 nitrogen and oxygen atoms in total. The number of nitrogens with two attached hydrogens (primary N) is 1. The molecule has 5 rings (SSSR count). The number of amides is 1. The molecule has 0 spiro atoms. The number of carbonyl (C=O) groups is 1. The lowest BCUT2D eigenvalue weighted by atomic mass is 10.1. The van der Waals surface area contributed by atoms with Gasteiger partial charge in [0.15, 0.2) is 5.65 Å². The zero-order valence-corrected chi connectivity index (χ0v) is 19.2. The molecule has 1 aliphatic heterocycles. The average molecular weight is 479 g/mol. The first kappa shape index (κ1) is 22.1. The van der Waals surface area contributed by atoms with E-state index in [1.54, 1.807) is 18.2 Å². The number of fused-ring (bicyclic) bond motifs is 1. The highest BCUT2D eigenvalue weighted by molar-refractivity contribution is 6.33. The topological polar surface area (TPSA) is 119 Å². The van der Waals surface area contributed by atoms with Crippen LogP contribution in [0.4, 0.5) is 5.69 Å². The first-order valence-corrected chi connectivity index (χ1v) is 11.3. The lowest BCUT2D eigenvalue weighted by Gasteiger charge is -2.28. The fourth-order valence-corrected chi connectivity index (χ4v) is 4.12. The predicted molar refractivity (Wildman–Crippen MR) is 129 cm³/mol. The smallest absolute Gasteiger partial charge is 0.296 e. The molecular weight excluding hydrogens is 456 g/mol. The van der Waals surface area contributed by atoms with Crippen molar-refractivity contribution in [2.45, 2.75) is 13.0 Å². The van der Waals surface area contributed by atoms with Gasteiger partial charge in [0.2, 0.25) is 5.91 Å². The van der Waals surface area contributed by atoms with Gasteiger partial charge in [-0.25, -0.2) is 4.98 Å². The average Bonchev–Trinajstić information content (AvgIpc) is 3.25. The standard InChI is InChI=1S/C24H23ClN6O3/c1-14(19-12-16(22(26)32)6-7-27-19)34-24-28-20-13-18(25)21(29-23(20)30-24)15-2-4-17(5-3-15)31-8-10-33-11-9-31/h2-7,12-14H,8-11H2,1H3,(H2,26,32)(H,28,29,30). The largest absolute Gasteiger partial charge is 0.455 e. The number of morpholine rings is 1. The van der Waals surface area contributed by atoms with Gasteiger partial charge in [-0.05, 0) is 37.3 Å². The molecule has 1 saturated heterocycles. The number of aromatic nitrogens is 4. The molecule has 174 valence electrons. The second-order valence-corrected chi connectivity index (χ2v) is 8.38. The molecule has 34 heavy (non-hydrogen) atoms. The van der Waals surface area contributed by atoms with Crippen molar-refractivity contribution >= 4 is 34.4 Å². The van der Waals surface area contributed by atoms with Crippen LogP contribution in [0, 0.1) is 0 Å². The second kappa shape index (κ2) is 9.28. The molecule has 1 atom stereocenters. The number of nitrogens with one attached hydrogen (secondary N) is 1. The number of aromatic amines is 1. The van der Waals surface area contributed by atoms with Crippen LogP contribution in [0.15, 0.2) is 48.7 Å². The Morgan fingerprint density at radius 2 is 1.94 bits per heavy atom. The normalized spacial score (nSPS) is 14.8. The number of pyridine rings is 2. The molecule has 1 aromatic carbocycles. The molecule has 3 aromatic heterocycles. The van der Waals surface area contributed by atoms with E-state index in [4.69, 9.17) is 26.8 Å². The van der Waals surface area contributed by atoms with Gasteiger partial charge in [0.05, 0.1) is 35.1 Å². The number of hydrogen-bond donors (Lipinski definition) is 2. The molecule has 0 radical (unpaired) electrons. The van der Waals surface area contributed by atoms with Crippen LogP contribution < -0.4 is 15.4 Å². The highest BCUT2D eigenvalue weighted by atomic mass is 35.5. The molecule has 3 N–H and O–H groups in total. The quantitative estimate of drug-likeness (QED) is 0.433. The van der Waals surface area contributed by atoms with Gasteiger partial charge in [-0.15, -0.1) is 0 Å². The summed E-state index contributed by atoms with van der Waals surface area (Å²) in [4.78, 5) is 30.2. The lowest BCUT2D eigenvalue weighted by Crippen LogP contribution is -2.36. The van der Waals surface area contributed by atoms with E-state index < -0.39 is 12.0 Å². The first-order valence-electron chi connectivity index (χ1n) is 10.9. The third-order valence-electron chi connectivity index (χ3n) is 5.69. The Balaban J connectivity index is 1.37. The van der Waals surface area contributed by atoms with Gasteiger partial charge in [0.1, 0.15) is 6.10 Å². The van der Waals surface area contributed by atoms with E-state index in [-0.39, 0.29) is 6.01 Å². The fraction of sp³-hybridized carbons (Fsp3) is 0.250. The highest BCUT2D eigenvalue weighted by Crippen LogP contribution is 2.31. The second-order valence-electron chi connectivity index (χ2n) is 7.97. The molecule has 0 saturated carbocycles. The fourth-order valence-electron chi connectivity index (χ4n) is 3.86. The molecule has 1 unspecified atom stereocenters. The summed E-state index contributed by atoms with van der Waals surface area (Å²) in [5, 5.41) is 0.505.